The van der Waals surface area contributed by atoms with Gasteiger partial charge in [-0.25, -0.2) is 0 Å². The standard InChI is InChI=1S/C23H27N5O/c1-29-23(14-8-9-15-23)21-20(22-25-27-28-26-22)19(16-10-4-2-5-11-16)17-12-6-3-7-13-18(17)24-21/h2,4-5,10-11H,3,6-9,12-15H2,1H3,(H,25,26,27,28). The lowest BCUT2D eigenvalue weighted by Crippen LogP contribution is -2.28. The summed E-state index contributed by atoms with van der Waals surface area (Å²) >= 11 is 0. The number of rotatable bonds is 4. The fourth-order valence-corrected chi connectivity index (χ4v) is 5.14. The molecule has 0 unspecified atom stereocenters. The highest BCUT2D eigenvalue weighted by molar-refractivity contribution is 5.85. The number of tetrazole rings is 1. The van der Waals surface area contributed by atoms with Crippen LogP contribution in [0.3, 0.4) is 0 Å². The van der Waals surface area contributed by atoms with Crippen LogP contribution < -0.4 is 0 Å². The molecule has 2 aromatic heterocycles. The molecule has 2 aliphatic carbocycles. The van der Waals surface area contributed by atoms with Gasteiger partial charge in [-0.2, -0.15) is 5.21 Å². The molecule has 1 aromatic carbocycles. The van der Waals surface area contributed by atoms with Crippen molar-refractivity contribution in [3.63, 3.8) is 0 Å². The zero-order valence-corrected chi connectivity index (χ0v) is 16.9. The van der Waals surface area contributed by atoms with Crippen molar-refractivity contribution in [3.8, 4) is 22.5 Å². The molecule has 0 amide bonds. The minimum Gasteiger partial charge on any atom is -0.372 e. The smallest absolute Gasteiger partial charge is 0.207 e. The first-order valence-electron chi connectivity index (χ1n) is 10.7. The lowest BCUT2D eigenvalue weighted by molar-refractivity contribution is -0.0120. The lowest BCUT2D eigenvalue weighted by Gasteiger charge is -2.31. The van der Waals surface area contributed by atoms with Crippen LogP contribution in [0, 0.1) is 0 Å². The van der Waals surface area contributed by atoms with Gasteiger partial charge in [-0.3, -0.25) is 4.98 Å². The second-order valence-corrected chi connectivity index (χ2v) is 8.20. The molecule has 0 bridgehead atoms. The minimum absolute atomic E-state index is 0.374. The van der Waals surface area contributed by atoms with E-state index in [9.17, 15) is 0 Å². The topological polar surface area (TPSA) is 76.6 Å². The number of methoxy groups -OCH3 is 1. The average molecular weight is 390 g/mol. The summed E-state index contributed by atoms with van der Waals surface area (Å²) in [6.45, 7) is 0. The van der Waals surface area contributed by atoms with E-state index in [0.29, 0.717) is 5.82 Å². The molecule has 5 rings (SSSR count). The van der Waals surface area contributed by atoms with E-state index in [1.165, 1.54) is 41.6 Å². The number of hydrogen-bond acceptors (Lipinski definition) is 5. The Morgan fingerprint density at radius 2 is 1.72 bits per heavy atom. The molecule has 2 aliphatic rings. The number of fused-ring (bicyclic) bond motifs is 1. The van der Waals surface area contributed by atoms with E-state index in [-0.39, 0.29) is 5.60 Å². The highest BCUT2D eigenvalue weighted by Gasteiger charge is 2.42. The van der Waals surface area contributed by atoms with Crippen molar-refractivity contribution < 1.29 is 4.74 Å². The Bertz CT molecular complexity index is 978. The monoisotopic (exact) mass is 389 g/mol. The maximum Gasteiger partial charge on any atom is 0.207 e. The molecule has 1 N–H and O–H groups in total. The normalized spacial score (nSPS) is 18.4. The Balaban J connectivity index is 1.87. The van der Waals surface area contributed by atoms with E-state index in [1.807, 2.05) is 7.11 Å². The molecule has 0 spiro atoms. The molecule has 6 nitrogen and oxygen atoms in total. The Kier molecular flexibility index (Phi) is 4.87. The summed E-state index contributed by atoms with van der Waals surface area (Å²) in [6.07, 6.45) is 9.95. The summed E-state index contributed by atoms with van der Waals surface area (Å²) in [5, 5.41) is 15.3. The highest BCUT2D eigenvalue weighted by atomic mass is 16.5. The number of H-pyrrole nitrogens is 1. The van der Waals surface area contributed by atoms with Crippen LogP contribution in [0.25, 0.3) is 22.5 Å². The molecule has 2 heterocycles. The molecule has 29 heavy (non-hydrogen) atoms. The van der Waals surface area contributed by atoms with Crippen molar-refractivity contribution in [1.29, 1.82) is 0 Å². The highest BCUT2D eigenvalue weighted by Crippen LogP contribution is 2.48. The van der Waals surface area contributed by atoms with E-state index in [1.54, 1.807) is 0 Å². The quantitative estimate of drug-likeness (QED) is 0.659. The zero-order valence-electron chi connectivity index (χ0n) is 16.9. The van der Waals surface area contributed by atoms with Crippen LogP contribution in [0.15, 0.2) is 30.3 Å². The summed E-state index contributed by atoms with van der Waals surface area (Å²) in [6, 6.07) is 10.6. The SMILES string of the molecule is COC1(c2nc3c(c(-c4ccccc4)c2-c2nn[nH]n2)CCCCC3)CCCC1. The third kappa shape index (κ3) is 3.15. The number of ether oxygens (including phenoxy) is 1. The van der Waals surface area contributed by atoms with Crippen LogP contribution in [0.5, 0.6) is 0 Å². The van der Waals surface area contributed by atoms with Crippen molar-refractivity contribution in [2.75, 3.05) is 7.11 Å². The fraction of sp³-hybridized carbons (Fsp3) is 0.478. The van der Waals surface area contributed by atoms with Crippen molar-refractivity contribution in [1.82, 2.24) is 25.6 Å². The van der Waals surface area contributed by atoms with Gasteiger partial charge in [0.2, 0.25) is 5.82 Å². The van der Waals surface area contributed by atoms with Crippen LogP contribution in [0.2, 0.25) is 0 Å². The molecule has 0 aliphatic heterocycles. The van der Waals surface area contributed by atoms with E-state index >= 15 is 0 Å². The third-order valence-corrected chi connectivity index (χ3v) is 6.59. The van der Waals surface area contributed by atoms with Crippen molar-refractivity contribution in [2.24, 2.45) is 0 Å². The Morgan fingerprint density at radius 3 is 2.45 bits per heavy atom. The van der Waals surface area contributed by atoms with Gasteiger partial charge in [0.25, 0.3) is 0 Å². The molecule has 0 atom stereocenters. The Morgan fingerprint density at radius 1 is 0.931 bits per heavy atom. The van der Waals surface area contributed by atoms with E-state index < -0.39 is 0 Å². The van der Waals surface area contributed by atoms with Gasteiger partial charge < -0.3 is 4.74 Å². The number of hydrogen-bond donors (Lipinski definition) is 1. The van der Waals surface area contributed by atoms with Crippen molar-refractivity contribution >= 4 is 0 Å². The predicted octanol–water partition coefficient (Wildman–Crippen LogP) is 4.61. The molecule has 3 aromatic rings. The molecular formula is C23H27N5O. The number of benzene rings is 1. The zero-order chi connectivity index (χ0) is 19.7. The largest absolute Gasteiger partial charge is 0.372 e. The van der Waals surface area contributed by atoms with E-state index in [2.05, 4.69) is 51.0 Å². The van der Waals surface area contributed by atoms with Crippen LogP contribution >= 0.6 is 0 Å². The minimum atomic E-state index is -0.374. The average Bonchev–Trinajstić information content (AvgIpc) is 3.42. The third-order valence-electron chi connectivity index (χ3n) is 6.59. The summed E-state index contributed by atoms with van der Waals surface area (Å²) in [4.78, 5) is 5.29. The first kappa shape index (κ1) is 18.4. The predicted molar refractivity (Wildman–Crippen MR) is 111 cm³/mol. The van der Waals surface area contributed by atoms with Gasteiger partial charge in [-0.05, 0) is 60.4 Å². The van der Waals surface area contributed by atoms with Gasteiger partial charge >= 0.3 is 0 Å². The molecular weight excluding hydrogens is 362 g/mol. The van der Waals surface area contributed by atoms with Crippen molar-refractivity contribution in [2.45, 2.75) is 63.4 Å². The maximum atomic E-state index is 6.19. The molecule has 6 heteroatoms. The number of aromatic amines is 1. The van der Waals surface area contributed by atoms with Crippen LogP contribution in [-0.2, 0) is 23.2 Å². The van der Waals surface area contributed by atoms with Gasteiger partial charge in [0.15, 0.2) is 0 Å². The lowest BCUT2D eigenvalue weighted by atomic mass is 9.84. The summed E-state index contributed by atoms with van der Waals surface area (Å²) in [7, 11) is 1.82. The second kappa shape index (κ2) is 7.67. The van der Waals surface area contributed by atoms with Gasteiger partial charge in [0.1, 0.15) is 5.60 Å². The van der Waals surface area contributed by atoms with Gasteiger partial charge in [0.05, 0.1) is 11.3 Å². The Labute approximate surface area is 171 Å². The number of nitrogens with zero attached hydrogens (tertiary/aromatic N) is 4. The van der Waals surface area contributed by atoms with Gasteiger partial charge in [-0.15, -0.1) is 10.2 Å². The first-order chi connectivity index (χ1) is 14.3. The van der Waals surface area contributed by atoms with Gasteiger partial charge in [0, 0.05) is 12.8 Å². The fourth-order valence-electron chi connectivity index (χ4n) is 5.14. The molecule has 150 valence electrons. The van der Waals surface area contributed by atoms with Gasteiger partial charge in [-0.1, -0.05) is 49.6 Å². The summed E-state index contributed by atoms with van der Waals surface area (Å²) < 4.78 is 6.19. The number of aryl methyl sites for hydroxylation is 1. The molecule has 1 saturated carbocycles. The summed E-state index contributed by atoms with van der Waals surface area (Å²) in [5.41, 5.74) is 6.61. The summed E-state index contributed by atoms with van der Waals surface area (Å²) in [5.74, 6) is 0.613. The van der Waals surface area contributed by atoms with Crippen molar-refractivity contribution in [3.05, 3.63) is 47.3 Å². The molecule has 0 radical (unpaired) electrons. The maximum absolute atomic E-state index is 6.19. The first-order valence-corrected chi connectivity index (χ1v) is 10.7. The van der Waals surface area contributed by atoms with Crippen LogP contribution in [-0.4, -0.2) is 32.7 Å². The van der Waals surface area contributed by atoms with E-state index in [0.717, 1.165) is 49.8 Å². The van der Waals surface area contributed by atoms with E-state index in [4.69, 9.17) is 9.72 Å². The number of aromatic nitrogens is 5. The van der Waals surface area contributed by atoms with Crippen LogP contribution in [0.1, 0.15) is 61.9 Å². The van der Waals surface area contributed by atoms with Crippen LogP contribution in [0.4, 0.5) is 0 Å². The molecule has 1 fully saturated rings. The number of pyridine rings is 1. The second-order valence-electron chi connectivity index (χ2n) is 8.20. The molecule has 0 saturated heterocycles. The number of nitrogens with one attached hydrogen (secondary N) is 1. The Hall–Kier alpha value is -2.60.